The third kappa shape index (κ3) is 3.92. The van der Waals surface area contributed by atoms with Crippen LogP contribution in [0.1, 0.15) is 22.6 Å². The number of H-pyrrole nitrogens is 1. The molecule has 3 aromatic rings. The standard InChI is InChI=1S/C19H25N5S/c1-14-19(25-13-20-14)12-23(2)9-16-5-6-24(11-16)10-15-3-4-17-8-21-22-18(17)7-15/h3-4,7-8,13,16H,5-6,9-12H2,1-2H3,(H,21,22)/t16-/m1/s1. The highest BCUT2D eigenvalue weighted by Gasteiger charge is 2.24. The molecule has 1 saturated heterocycles. The first kappa shape index (κ1) is 16.7. The van der Waals surface area contributed by atoms with Crippen LogP contribution >= 0.6 is 11.3 Å². The van der Waals surface area contributed by atoms with E-state index in [0.717, 1.165) is 31.1 Å². The molecule has 132 valence electrons. The van der Waals surface area contributed by atoms with Crippen LogP contribution in [0.4, 0.5) is 0 Å². The van der Waals surface area contributed by atoms with Gasteiger partial charge < -0.3 is 4.90 Å². The minimum atomic E-state index is 0.758. The molecular formula is C19H25N5S. The van der Waals surface area contributed by atoms with E-state index in [-0.39, 0.29) is 0 Å². The minimum absolute atomic E-state index is 0.758. The van der Waals surface area contributed by atoms with E-state index >= 15 is 0 Å². The number of hydrogen-bond acceptors (Lipinski definition) is 5. The van der Waals surface area contributed by atoms with Gasteiger partial charge in [0.15, 0.2) is 0 Å². The van der Waals surface area contributed by atoms with Crippen LogP contribution in [0.3, 0.4) is 0 Å². The Bertz CT molecular complexity index is 839. The number of aryl methyl sites for hydroxylation is 1. The smallest absolute Gasteiger partial charge is 0.0798 e. The maximum atomic E-state index is 4.35. The van der Waals surface area contributed by atoms with E-state index in [2.05, 4.69) is 57.2 Å². The number of likely N-dealkylation sites (tertiary alicyclic amines) is 1. The highest BCUT2D eigenvalue weighted by atomic mass is 32.1. The maximum absolute atomic E-state index is 4.35. The summed E-state index contributed by atoms with van der Waals surface area (Å²) in [5.74, 6) is 0.758. The summed E-state index contributed by atoms with van der Waals surface area (Å²) in [6, 6.07) is 6.62. The summed E-state index contributed by atoms with van der Waals surface area (Å²) in [4.78, 5) is 10.8. The van der Waals surface area contributed by atoms with Crippen molar-refractivity contribution in [2.24, 2.45) is 5.92 Å². The van der Waals surface area contributed by atoms with Gasteiger partial charge in [0.05, 0.1) is 22.9 Å². The molecule has 1 N–H and O–H groups in total. The molecule has 0 unspecified atom stereocenters. The van der Waals surface area contributed by atoms with Crippen molar-refractivity contribution in [3.8, 4) is 0 Å². The van der Waals surface area contributed by atoms with E-state index in [1.165, 1.54) is 41.0 Å². The molecule has 6 heteroatoms. The lowest BCUT2D eigenvalue weighted by Crippen LogP contribution is -2.28. The highest BCUT2D eigenvalue weighted by molar-refractivity contribution is 7.09. The van der Waals surface area contributed by atoms with E-state index in [0.29, 0.717) is 0 Å². The molecule has 0 spiro atoms. The first-order valence-corrected chi connectivity index (χ1v) is 9.77. The van der Waals surface area contributed by atoms with Gasteiger partial charge in [-0.25, -0.2) is 4.98 Å². The Balaban J connectivity index is 1.29. The summed E-state index contributed by atoms with van der Waals surface area (Å²) in [7, 11) is 2.23. The van der Waals surface area contributed by atoms with E-state index < -0.39 is 0 Å². The molecule has 0 bridgehead atoms. The van der Waals surface area contributed by atoms with E-state index in [4.69, 9.17) is 0 Å². The Kier molecular flexibility index (Phi) is 4.83. The van der Waals surface area contributed by atoms with Gasteiger partial charge in [-0.15, -0.1) is 11.3 Å². The summed E-state index contributed by atoms with van der Waals surface area (Å²) in [6.07, 6.45) is 3.17. The molecule has 0 radical (unpaired) electrons. The summed E-state index contributed by atoms with van der Waals surface area (Å²) < 4.78 is 0. The fraction of sp³-hybridized carbons (Fsp3) is 0.474. The molecule has 3 heterocycles. The molecule has 1 fully saturated rings. The number of nitrogens with zero attached hydrogens (tertiary/aromatic N) is 4. The van der Waals surface area contributed by atoms with E-state index in [1.54, 1.807) is 11.3 Å². The Morgan fingerprint density at radius 1 is 1.40 bits per heavy atom. The molecule has 5 nitrogen and oxygen atoms in total. The molecule has 0 saturated carbocycles. The molecular weight excluding hydrogens is 330 g/mol. The SMILES string of the molecule is Cc1ncsc1CN(C)C[C@H]1CCN(Cc2ccc3cn[nH]c3c2)C1. The molecule has 1 aliphatic heterocycles. The van der Waals surface area contributed by atoms with Crippen molar-refractivity contribution in [3.63, 3.8) is 0 Å². The average molecular weight is 356 g/mol. The van der Waals surface area contributed by atoms with Gasteiger partial charge in [0.1, 0.15) is 0 Å². The van der Waals surface area contributed by atoms with Crippen molar-refractivity contribution in [2.75, 3.05) is 26.7 Å². The zero-order valence-electron chi connectivity index (χ0n) is 14.9. The van der Waals surface area contributed by atoms with Crippen LogP contribution in [-0.4, -0.2) is 51.7 Å². The van der Waals surface area contributed by atoms with Gasteiger partial charge in [0.25, 0.3) is 0 Å². The second kappa shape index (κ2) is 7.23. The van der Waals surface area contributed by atoms with Crippen LogP contribution in [0.15, 0.2) is 29.9 Å². The van der Waals surface area contributed by atoms with Crippen LogP contribution in [0.25, 0.3) is 10.9 Å². The van der Waals surface area contributed by atoms with Crippen molar-refractivity contribution >= 4 is 22.2 Å². The number of hydrogen-bond donors (Lipinski definition) is 1. The number of benzene rings is 1. The van der Waals surface area contributed by atoms with Crippen molar-refractivity contribution in [1.29, 1.82) is 0 Å². The number of aromatic nitrogens is 3. The van der Waals surface area contributed by atoms with E-state index in [9.17, 15) is 0 Å². The lowest BCUT2D eigenvalue weighted by atomic mass is 10.1. The van der Waals surface area contributed by atoms with Gasteiger partial charge >= 0.3 is 0 Å². The minimum Gasteiger partial charge on any atom is -0.301 e. The first-order chi connectivity index (χ1) is 12.2. The quantitative estimate of drug-likeness (QED) is 0.737. The Morgan fingerprint density at radius 2 is 2.32 bits per heavy atom. The molecule has 2 aromatic heterocycles. The largest absolute Gasteiger partial charge is 0.301 e. The summed E-state index contributed by atoms with van der Waals surface area (Å²) in [6.45, 7) is 7.69. The predicted molar refractivity (Wildman–Crippen MR) is 103 cm³/mol. The average Bonchev–Trinajstić information content (AvgIpc) is 3.30. The number of nitrogens with one attached hydrogen (secondary N) is 1. The second-order valence-corrected chi connectivity index (χ2v) is 8.18. The van der Waals surface area contributed by atoms with Gasteiger partial charge in [0, 0.05) is 36.4 Å². The topological polar surface area (TPSA) is 48.1 Å². The second-order valence-electron chi connectivity index (χ2n) is 7.24. The van der Waals surface area contributed by atoms with Crippen LogP contribution < -0.4 is 0 Å². The number of rotatable bonds is 6. The number of aromatic amines is 1. The van der Waals surface area contributed by atoms with Crippen LogP contribution in [0.2, 0.25) is 0 Å². The monoisotopic (exact) mass is 355 g/mol. The van der Waals surface area contributed by atoms with Crippen molar-refractivity contribution < 1.29 is 0 Å². The van der Waals surface area contributed by atoms with Gasteiger partial charge in [-0.1, -0.05) is 12.1 Å². The first-order valence-electron chi connectivity index (χ1n) is 8.89. The Labute approximate surface area is 152 Å². The summed E-state index contributed by atoms with van der Waals surface area (Å²) in [5, 5.41) is 8.36. The predicted octanol–water partition coefficient (Wildman–Crippen LogP) is 3.28. The van der Waals surface area contributed by atoms with Crippen LogP contribution in [-0.2, 0) is 13.1 Å². The molecule has 4 rings (SSSR count). The third-order valence-corrected chi connectivity index (χ3v) is 6.03. The normalized spacial score (nSPS) is 18.6. The molecule has 0 aliphatic carbocycles. The summed E-state index contributed by atoms with van der Waals surface area (Å²) >= 11 is 1.77. The van der Waals surface area contributed by atoms with Gasteiger partial charge in [-0.05, 0) is 44.5 Å². The molecule has 1 aliphatic rings. The molecule has 1 atom stereocenters. The van der Waals surface area contributed by atoms with Gasteiger partial charge in [0.2, 0.25) is 0 Å². The molecule has 25 heavy (non-hydrogen) atoms. The Morgan fingerprint density at radius 3 is 3.16 bits per heavy atom. The van der Waals surface area contributed by atoms with Gasteiger partial charge in [-0.3, -0.25) is 10.00 Å². The maximum Gasteiger partial charge on any atom is 0.0798 e. The van der Waals surface area contributed by atoms with Gasteiger partial charge in [-0.2, -0.15) is 5.10 Å². The fourth-order valence-corrected chi connectivity index (χ4v) is 4.63. The molecule has 0 amide bonds. The lowest BCUT2D eigenvalue weighted by Gasteiger charge is -2.21. The lowest BCUT2D eigenvalue weighted by molar-refractivity contribution is 0.256. The van der Waals surface area contributed by atoms with Crippen LogP contribution in [0.5, 0.6) is 0 Å². The van der Waals surface area contributed by atoms with Crippen molar-refractivity contribution in [1.82, 2.24) is 25.0 Å². The zero-order valence-corrected chi connectivity index (χ0v) is 15.7. The van der Waals surface area contributed by atoms with Crippen molar-refractivity contribution in [2.45, 2.75) is 26.4 Å². The Hall–Kier alpha value is -1.76. The summed E-state index contributed by atoms with van der Waals surface area (Å²) in [5.41, 5.74) is 5.63. The van der Waals surface area contributed by atoms with E-state index in [1.807, 2.05) is 11.7 Å². The number of fused-ring (bicyclic) bond motifs is 1. The highest BCUT2D eigenvalue weighted by Crippen LogP contribution is 2.22. The number of thiazole rings is 1. The third-order valence-electron chi connectivity index (χ3n) is 5.11. The van der Waals surface area contributed by atoms with Crippen molar-refractivity contribution in [3.05, 3.63) is 46.0 Å². The fourth-order valence-electron chi connectivity index (χ4n) is 3.77. The molecule has 1 aromatic carbocycles. The zero-order chi connectivity index (χ0) is 17.2. The van der Waals surface area contributed by atoms with Crippen LogP contribution in [0, 0.1) is 12.8 Å².